The summed E-state index contributed by atoms with van der Waals surface area (Å²) in [5.41, 5.74) is 0.917. The van der Waals surface area contributed by atoms with E-state index in [1.807, 2.05) is 19.9 Å². The van der Waals surface area contributed by atoms with E-state index in [9.17, 15) is 19.2 Å². The first-order valence-electron chi connectivity index (χ1n) is 12.5. The molecule has 3 rings (SSSR count). The first-order chi connectivity index (χ1) is 18.3. The second-order valence-corrected chi connectivity index (χ2v) is 9.21. The largest absolute Gasteiger partial charge is 0.465 e. The Morgan fingerprint density at radius 3 is 2.39 bits per heavy atom. The highest BCUT2D eigenvalue weighted by molar-refractivity contribution is 9.10. The minimum absolute atomic E-state index is 0.107. The quantitative estimate of drug-likeness (QED) is 0.341. The Hall–Kier alpha value is -3.10. The minimum Gasteiger partial charge on any atom is -0.465 e. The van der Waals surface area contributed by atoms with E-state index >= 15 is 0 Å². The molecule has 2 aromatic rings. The summed E-state index contributed by atoms with van der Waals surface area (Å²) in [5.74, 6) is -2.63. The van der Waals surface area contributed by atoms with Gasteiger partial charge in [-0.1, -0.05) is 56.1 Å². The fourth-order valence-electron chi connectivity index (χ4n) is 3.23. The highest BCUT2D eigenvalue weighted by Crippen LogP contribution is 2.38. The van der Waals surface area contributed by atoms with Crippen molar-refractivity contribution in [3.8, 4) is 6.07 Å². The molecule has 0 bridgehead atoms. The molecule has 1 aromatic carbocycles. The van der Waals surface area contributed by atoms with Crippen LogP contribution >= 0.6 is 27.3 Å². The van der Waals surface area contributed by atoms with Crippen molar-refractivity contribution in [3.63, 3.8) is 0 Å². The summed E-state index contributed by atoms with van der Waals surface area (Å²) >= 11 is 4.67. The molecule has 38 heavy (non-hydrogen) atoms. The summed E-state index contributed by atoms with van der Waals surface area (Å²) in [7, 11) is 0. The molecule has 1 N–H and O–H groups in total. The van der Waals surface area contributed by atoms with E-state index in [-0.39, 0.29) is 30.9 Å². The van der Waals surface area contributed by atoms with Gasteiger partial charge in [-0.3, -0.25) is 9.79 Å². The summed E-state index contributed by atoms with van der Waals surface area (Å²) < 4.78 is 24.4. The van der Waals surface area contributed by atoms with E-state index in [0.717, 1.165) is 0 Å². The van der Waals surface area contributed by atoms with Crippen LogP contribution in [0.3, 0.4) is 0 Å². The van der Waals surface area contributed by atoms with E-state index in [1.165, 1.54) is 36.0 Å². The van der Waals surface area contributed by atoms with Gasteiger partial charge >= 0.3 is 11.9 Å². The number of aliphatic imine (C=N–C) groups is 1. The first-order valence-corrected chi connectivity index (χ1v) is 14.1. The number of aromatic nitrogens is 1. The van der Waals surface area contributed by atoms with Gasteiger partial charge in [-0.2, -0.15) is 5.26 Å². The second-order valence-electron chi connectivity index (χ2n) is 7.47. The second kappa shape index (κ2) is 17.4. The number of allylic oxidation sites excluding steroid dienone is 1. The van der Waals surface area contributed by atoms with Crippen LogP contribution < -0.4 is 5.32 Å². The third kappa shape index (κ3) is 9.03. The normalized spacial score (nSPS) is 14.8. The topological polar surface area (TPSA) is 114 Å². The van der Waals surface area contributed by atoms with Gasteiger partial charge in [-0.05, 0) is 31.5 Å². The summed E-state index contributed by atoms with van der Waals surface area (Å²) in [5, 5.41) is 15.0. The van der Waals surface area contributed by atoms with Gasteiger partial charge in [0.25, 0.3) is 0 Å². The Balaban J connectivity index is 0.00000135. The zero-order valence-corrected chi connectivity index (χ0v) is 24.9. The number of carbonyl (C=O) groups is 2. The van der Waals surface area contributed by atoms with Gasteiger partial charge in [0.15, 0.2) is 10.8 Å². The van der Waals surface area contributed by atoms with Crippen LogP contribution in [0.25, 0.3) is 0 Å². The summed E-state index contributed by atoms with van der Waals surface area (Å²) in [6.45, 7) is 11.8. The number of hydrogen-bond donors (Lipinski definition) is 1. The number of esters is 2. The lowest BCUT2D eigenvalue weighted by Crippen LogP contribution is -2.35. The first kappa shape index (κ1) is 32.9. The Bertz CT molecular complexity index is 1160. The maximum atomic E-state index is 13.8. The molecule has 0 radical (unpaired) electrons. The van der Waals surface area contributed by atoms with Crippen LogP contribution in [-0.4, -0.2) is 36.0 Å². The van der Waals surface area contributed by atoms with Crippen LogP contribution in [0.5, 0.6) is 0 Å². The molecular weight excluding hydrogens is 575 g/mol. The van der Waals surface area contributed by atoms with Crippen LogP contribution in [0.2, 0.25) is 0 Å². The number of halogens is 2. The Morgan fingerprint density at radius 1 is 1.21 bits per heavy atom. The lowest BCUT2D eigenvalue weighted by Gasteiger charge is -2.28. The predicted molar refractivity (Wildman–Crippen MR) is 150 cm³/mol. The van der Waals surface area contributed by atoms with Crippen molar-refractivity contribution < 1.29 is 23.5 Å². The van der Waals surface area contributed by atoms with E-state index in [0.29, 0.717) is 20.9 Å². The van der Waals surface area contributed by atoms with Gasteiger partial charge < -0.3 is 14.8 Å². The minimum atomic E-state index is -1.16. The highest BCUT2D eigenvalue weighted by Gasteiger charge is 2.36. The molecule has 0 amide bonds. The van der Waals surface area contributed by atoms with Crippen molar-refractivity contribution >= 4 is 45.0 Å². The van der Waals surface area contributed by atoms with Crippen LogP contribution in [-0.2, 0) is 19.1 Å². The molecule has 0 saturated carbocycles. The third-order valence-electron chi connectivity index (χ3n) is 4.65. The standard InChI is InChI=1S/C22H20BrFN4O4S.C3H8.C2H6/c1-3-31-21(29)12(11-25)9-16-17(22(30)32-4-2)18(14-6-5-13(24)10-15(14)23)28-19(27-16)20-26-7-8-33-20;1-3-2;1-2/h5-8,10,12,18H,3-4,9H2,1-2H3,(H,27,28);3H2,1-2H3;1-2H3. The summed E-state index contributed by atoms with van der Waals surface area (Å²) in [4.78, 5) is 34.3. The van der Waals surface area contributed by atoms with Crippen molar-refractivity contribution in [3.05, 3.63) is 61.9 Å². The van der Waals surface area contributed by atoms with Gasteiger partial charge in [-0.25, -0.2) is 14.2 Å². The number of benzene rings is 1. The lowest BCUT2D eigenvalue weighted by molar-refractivity contribution is -0.146. The van der Waals surface area contributed by atoms with Crippen molar-refractivity contribution in [2.24, 2.45) is 10.9 Å². The number of amidine groups is 1. The van der Waals surface area contributed by atoms with Crippen LogP contribution in [0.15, 0.2) is 50.5 Å². The van der Waals surface area contributed by atoms with E-state index in [1.54, 1.807) is 25.4 Å². The van der Waals surface area contributed by atoms with Gasteiger partial charge in [0, 0.05) is 28.2 Å². The highest BCUT2D eigenvalue weighted by atomic mass is 79.9. The van der Waals surface area contributed by atoms with Crippen molar-refractivity contribution in [2.75, 3.05) is 13.2 Å². The molecule has 2 atom stereocenters. The molecule has 206 valence electrons. The molecule has 8 nitrogen and oxygen atoms in total. The number of nitrogens with one attached hydrogen (secondary N) is 1. The Kier molecular flexibility index (Phi) is 15.1. The number of nitriles is 1. The van der Waals surface area contributed by atoms with Crippen molar-refractivity contribution in [1.82, 2.24) is 10.3 Å². The fourth-order valence-corrected chi connectivity index (χ4v) is 4.39. The van der Waals surface area contributed by atoms with Crippen LogP contribution in [0, 0.1) is 23.1 Å². The molecule has 11 heteroatoms. The zero-order chi connectivity index (χ0) is 28.7. The zero-order valence-electron chi connectivity index (χ0n) is 22.5. The maximum absolute atomic E-state index is 13.8. The molecule has 1 aliphatic rings. The summed E-state index contributed by atoms with van der Waals surface area (Å²) in [6, 6.07) is 5.10. The van der Waals surface area contributed by atoms with Gasteiger partial charge in [0.1, 0.15) is 17.8 Å². The number of rotatable bonds is 8. The van der Waals surface area contributed by atoms with Gasteiger partial charge in [0.2, 0.25) is 0 Å². The smallest absolute Gasteiger partial charge is 0.338 e. The van der Waals surface area contributed by atoms with E-state index in [2.05, 4.69) is 45.1 Å². The number of nitrogens with zero attached hydrogens (tertiary/aromatic N) is 3. The average molecular weight is 610 g/mol. The SMILES string of the molecule is CC.CCC.CCOC(=O)C1=C(CC(C#N)C(=O)OCC)NC(c2nccs2)=NC1c1ccc(F)cc1Br. The number of carbonyl (C=O) groups excluding carboxylic acids is 2. The Labute approximate surface area is 236 Å². The van der Waals surface area contributed by atoms with Crippen molar-refractivity contribution in [1.29, 1.82) is 5.26 Å². The molecule has 0 fully saturated rings. The lowest BCUT2D eigenvalue weighted by atomic mass is 9.92. The molecule has 2 heterocycles. The molecular formula is C27H34BrFN4O4S. The monoisotopic (exact) mass is 608 g/mol. The Morgan fingerprint density at radius 2 is 1.87 bits per heavy atom. The summed E-state index contributed by atoms with van der Waals surface area (Å²) in [6.07, 6.45) is 2.72. The van der Waals surface area contributed by atoms with Gasteiger partial charge in [-0.15, -0.1) is 11.3 Å². The average Bonchev–Trinajstić information content (AvgIpc) is 3.44. The molecule has 0 saturated heterocycles. The maximum Gasteiger partial charge on any atom is 0.338 e. The van der Waals surface area contributed by atoms with E-state index in [4.69, 9.17) is 9.47 Å². The fraction of sp³-hybridized carbons (Fsp3) is 0.444. The van der Waals surface area contributed by atoms with E-state index < -0.39 is 29.7 Å². The molecule has 0 aliphatic carbocycles. The number of hydrogen-bond acceptors (Lipinski definition) is 9. The predicted octanol–water partition coefficient (Wildman–Crippen LogP) is 6.49. The molecule has 1 aromatic heterocycles. The molecule has 2 unspecified atom stereocenters. The number of ether oxygens (including phenoxy) is 2. The number of thiazole rings is 1. The molecule has 1 aliphatic heterocycles. The van der Waals surface area contributed by atoms with Gasteiger partial charge in [0.05, 0.1) is 24.9 Å². The molecule has 0 spiro atoms. The van der Waals surface area contributed by atoms with Crippen LogP contribution in [0.4, 0.5) is 4.39 Å². The van der Waals surface area contributed by atoms with Crippen LogP contribution in [0.1, 0.15) is 71.0 Å². The van der Waals surface area contributed by atoms with Crippen molar-refractivity contribution in [2.45, 2.75) is 60.4 Å². The third-order valence-corrected chi connectivity index (χ3v) is 6.12.